The van der Waals surface area contributed by atoms with Gasteiger partial charge in [-0.25, -0.2) is 9.78 Å². The highest BCUT2D eigenvalue weighted by molar-refractivity contribution is 5.88. The van der Waals surface area contributed by atoms with Gasteiger partial charge in [-0.1, -0.05) is 6.07 Å². The van der Waals surface area contributed by atoms with Crippen molar-refractivity contribution >= 4 is 11.8 Å². The van der Waals surface area contributed by atoms with Gasteiger partial charge in [-0.05, 0) is 51.0 Å². The number of likely N-dealkylation sites (tertiary alicyclic amines) is 1. The lowest BCUT2D eigenvalue weighted by Crippen LogP contribution is -2.38. The van der Waals surface area contributed by atoms with Gasteiger partial charge in [0, 0.05) is 12.7 Å². The molecule has 5 nitrogen and oxygen atoms in total. The number of rotatable bonds is 3. The summed E-state index contributed by atoms with van der Waals surface area (Å²) in [5, 5.41) is 5.63. The number of amides is 2. The maximum Gasteiger partial charge on any atom is 0.320 e. The minimum absolute atomic E-state index is 0.173. The summed E-state index contributed by atoms with van der Waals surface area (Å²) in [4.78, 5) is 18.0. The van der Waals surface area contributed by atoms with Crippen LogP contribution in [0.5, 0.6) is 0 Å². The van der Waals surface area contributed by atoms with Crippen LogP contribution >= 0.6 is 0 Å². The number of anilines is 1. The highest BCUT2D eigenvalue weighted by Gasteiger charge is 2.17. The number of nitrogens with one attached hydrogen (secondary N) is 2. The van der Waals surface area contributed by atoms with E-state index >= 15 is 0 Å². The number of urea groups is 1. The molecule has 98 valence electrons. The monoisotopic (exact) mass is 248 g/mol. The zero-order valence-electron chi connectivity index (χ0n) is 10.7. The Labute approximate surface area is 108 Å². The zero-order chi connectivity index (χ0) is 12.8. The Bertz CT molecular complexity index is 374. The van der Waals surface area contributed by atoms with Gasteiger partial charge in [0.25, 0.3) is 0 Å². The standard InChI is InChI=1S/C13H20N4O/c1-17-8-5-11(6-9-17)10-15-13(18)16-12-4-2-3-7-14-12/h2-4,7,11H,5-6,8-10H2,1H3,(H2,14,15,16,18). The van der Waals surface area contributed by atoms with Gasteiger partial charge in [0.1, 0.15) is 5.82 Å². The molecule has 1 aliphatic heterocycles. The smallest absolute Gasteiger partial charge is 0.320 e. The first-order chi connectivity index (χ1) is 8.74. The molecule has 0 unspecified atom stereocenters. The second kappa shape index (κ2) is 6.35. The van der Waals surface area contributed by atoms with Gasteiger partial charge >= 0.3 is 6.03 Å². The topological polar surface area (TPSA) is 57.3 Å². The van der Waals surface area contributed by atoms with E-state index in [2.05, 4.69) is 27.6 Å². The molecule has 1 fully saturated rings. The molecule has 0 spiro atoms. The molecule has 2 rings (SSSR count). The molecule has 0 saturated carbocycles. The maximum atomic E-state index is 11.6. The van der Waals surface area contributed by atoms with Crippen LogP contribution in [-0.4, -0.2) is 42.6 Å². The summed E-state index contributed by atoms with van der Waals surface area (Å²) in [7, 11) is 2.14. The Kier molecular flexibility index (Phi) is 4.52. The second-order valence-electron chi connectivity index (χ2n) is 4.80. The van der Waals surface area contributed by atoms with Crippen molar-refractivity contribution in [1.82, 2.24) is 15.2 Å². The van der Waals surface area contributed by atoms with Crippen LogP contribution in [0.2, 0.25) is 0 Å². The molecule has 1 aliphatic rings. The Morgan fingerprint density at radius 3 is 2.89 bits per heavy atom. The summed E-state index contributed by atoms with van der Waals surface area (Å²) in [6.07, 6.45) is 3.97. The SMILES string of the molecule is CN1CCC(CNC(=O)Nc2ccccn2)CC1. The van der Waals surface area contributed by atoms with Gasteiger partial charge in [-0.3, -0.25) is 5.32 Å². The van der Waals surface area contributed by atoms with Crippen molar-refractivity contribution in [3.05, 3.63) is 24.4 Å². The first-order valence-corrected chi connectivity index (χ1v) is 6.38. The molecule has 18 heavy (non-hydrogen) atoms. The molecular formula is C13H20N4O. The molecule has 1 aromatic heterocycles. The average Bonchev–Trinajstić information content (AvgIpc) is 2.39. The third kappa shape index (κ3) is 4.00. The van der Waals surface area contributed by atoms with E-state index in [1.807, 2.05) is 12.1 Å². The summed E-state index contributed by atoms with van der Waals surface area (Å²) in [6.45, 7) is 2.98. The third-order valence-corrected chi connectivity index (χ3v) is 3.30. The van der Waals surface area contributed by atoms with Gasteiger partial charge in [0.05, 0.1) is 0 Å². The van der Waals surface area contributed by atoms with Crippen molar-refractivity contribution in [3.63, 3.8) is 0 Å². The largest absolute Gasteiger partial charge is 0.338 e. The van der Waals surface area contributed by atoms with Crippen molar-refractivity contribution in [2.45, 2.75) is 12.8 Å². The highest BCUT2D eigenvalue weighted by Crippen LogP contribution is 2.14. The van der Waals surface area contributed by atoms with Crippen LogP contribution in [0.3, 0.4) is 0 Å². The van der Waals surface area contributed by atoms with E-state index in [4.69, 9.17) is 0 Å². The van der Waals surface area contributed by atoms with E-state index in [9.17, 15) is 4.79 Å². The Balaban J connectivity index is 1.69. The fourth-order valence-electron chi connectivity index (χ4n) is 2.10. The summed E-state index contributed by atoms with van der Waals surface area (Å²) in [5.74, 6) is 1.18. The number of carbonyl (C=O) groups excluding carboxylic acids is 1. The van der Waals surface area contributed by atoms with Gasteiger partial charge < -0.3 is 10.2 Å². The van der Waals surface area contributed by atoms with Crippen LogP contribution < -0.4 is 10.6 Å². The minimum atomic E-state index is -0.173. The average molecular weight is 248 g/mol. The number of pyridine rings is 1. The van der Waals surface area contributed by atoms with Gasteiger partial charge in [-0.2, -0.15) is 0 Å². The number of aromatic nitrogens is 1. The van der Waals surface area contributed by atoms with Crippen molar-refractivity contribution in [2.24, 2.45) is 5.92 Å². The minimum Gasteiger partial charge on any atom is -0.338 e. The number of carbonyl (C=O) groups is 1. The molecule has 0 aromatic carbocycles. The van der Waals surface area contributed by atoms with Gasteiger partial charge in [-0.15, -0.1) is 0 Å². The predicted octanol–water partition coefficient (Wildman–Crippen LogP) is 1.54. The quantitative estimate of drug-likeness (QED) is 0.853. The number of hydrogen-bond donors (Lipinski definition) is 2. The predicted molar refractivity (Wildman–Crippen MR) is 71.5 cm³/mol. The first-order valence-electron chi connectivity index (χ1n) is 6.38. The second-order valence-corrected chi connectivity index (χ2v) is 4.80. The van der Waals surface area contributed by atoms with E-state index in [0.29, 0.717) is 11.7 Å². The van der Waals surface area contributed by atoms with Gasteiger partial charge in [0.2, 0.25) is 0 Å². The molecular weight excluding hydrogens is 228 g/mol. The van der Waals surface area contributed by atoms with E-state index < -0.39 is 0 Å². The lowest BCUT2D eigenvalue weighted by molar-refractivity contribution is 0.213. The molecule has 0 aliphatic carbocycles. The lowest BCUT2D eigenvalue weighted by Gasteiger charge is -2.28. The normalized spacial score (nSPS) is 17.4. The summed E-state index contributed by atoms with van der Waals surface area (Å²) in [5.41, 5.74) is 0. The zero-order valence-corrected chi connectivity index (χ0v) is 10.7. The Morgan fingerprint density at radius 2 is 2.22 bits per heavy atom. The van der Waals surface area contributed by atoms with E-state index in [0.717, 1.165) is 32.5 Å². The number of piperidine rings is 1. The number of hydrogen-bond acceptors (Lipinski definition) is 3. The van der Waals surface area contributed by atoms with Crippen molar-refractivity contribution < 1.29 is 4.79 Å². The van der Waals surface area contributed by atoms with Crippen molar-refractivity contribution in [3.8, 4) is 0 Å². The maximum absolute atomic E-state index is 11.6. The van der Waals surface area contributed by atoms with Gasteiger partial charge in [0.15, 0.2) is 0 Å². The van der Waals surface area contributed by atoms with E-state index in [1.165, 1.54) is 0 Å². The Morgan fingerprint density at radius 1 is 1.44 bits per heavy atom. The van der Waals surface area contributed by atoms with Crippen molar-refractivity contribution in [2.75, 3.05) is 32.0 Å². The molecule has 2 heterocycles. The molecule has 5 heteroatoms. The van der Waals surface area contributed by atoms with E-state index in [1.54, 1.807) is 12.3 Å². The Hall–Kier alpha value is -1.62. The summed E-state index contributed by atoms with van der Waals surface area (Å²) in [6, 6.07) is 5.27. The molecule has 1 saturated heterocycles. The van der Waals surface area contributed by atoms with Crippen LogP contribution in [0, 0.1) is 5.92 Å². The van der Waals surface area contributed by atoms with E-state index in [-0.39, 0.29) is 6.03 Å². The van der Waals surface area contributed by atoms with Crippen LogP contribution in [0.1, 0.15) is 12.8 Å². The van der Waals surface area contributed by atoms with Crippen LogP contribution in [0.25, 0.3) is 0 Å². The van der Waals surface area contributed by atoms with Crippen LogP contribution in [0.15, 0.2) is 24.4 Å². The van der Waals surface area contributed by atoms with Crippen LogP contribution in [-0.2, 0) is 0 Å². The molecule has 0 radical (unpaired) electrons. The fraction of sp³-hybridized carbons (Fsp3) is 0.538. The fourth-order valence-corrected chi connectivity index (χ4v) is 2.10. The van der Waals surface area contributed by atoms with Crippen LogP contribution in [0.4, 0.5) is 10.6 Å². The summed E-state index contributed by atoms with van der Waals surface area (Å²) < 4.78 is 0. The molecule has 2 amide bonds. The summed E-state index contributed by atoms with van der Waals surface area (Å²) >= 11 is 0. The first kappa shape index (κ1) is 12.8. The molecule has 2 N–H and O–H groups in total. The lowest BCUT2D eigenvalue weighted by atomic mass is 9.97. The highest BCUT2D eigenvalue weighted by atomic mass is 16.2. The third-order valence-electron chi connectivity index (χ3n) is 3.30. The molecule has 0 bridgehead atoms. The number of nitrogens with zero attached hydrogens (tertiary/aromatic N) is 2. The molecule has 1 aromatic rings. The van der Waals surface area contributed by atoms with Crippen molar-refractivity contribution in [1.29, 1.82) is 0 Å². The molecule has 0 atom stereocenters.